The summed E-state index contributed by atoms with van der Waals surface area (Å²) in [4.78, 5) is 29.0. The van der Waals surface area contributed by atoms with E-state index >= 15 is 0 Å². The van der Waals surface area contributed by atoms with Crippen molar-refractivity contribution < 1.29 is 32.2 Å². The lowest BCUT2D eigenvalue weighted by Gasteiger charge is -2.37. The van der Waals surface area contributed by atoms with Crippen LogP contribution in [0.4, 0.5) is 18.0 Å². The van der Waals surface area contributed by atoms with Gasteiger partial charge in [0.1, 0.15) is 5.60 Å². The van der Waals surface area contributed by atoms with E-state index in [2.05, 4.69) is 10.2 Å². The molecule has 2 fully saturated rings. The highest BCUT2D eigenvalue weighted by Crippen LogP contribution is 2.35. The molecule has 38 heavy (non-hydrogen) atoms. The Labute approximate surface area is 220 Å². The van der Waals surface area contributed by atoms with Gasteiger partial charge in [0, 0.05) is 51.7 Å². The fraction of sp³-hybridized carbons (Fsp3) is 0.500. The smallest absolute Gasteiger partial charge is 0.416 e. The maximum Gasteiger partial charge on any atom is 0.416 e. The number of nitrogens with zero attached hydrogens (tertiary/aromatic N) is 2. The third-order valence-electron chi connectivity index (χ3n) is 7.28. The van der Waals surface area contributed by atoms with Crippen LogP contribution in [-0.4, -0.2) is 66.8 Å². The minimum Gasteiger partial charge on any atom is -0.441 e. The highest BCUT2D eigenvalue weighted by Gasteiger charge is 2.46. The maximum absolute atomic E-state index is 12.8. The molecule has 2 saturated heterocycles. The van der Waals surface area contributed by atoms with Gasteiger partial charge in [-0.25, -0.2) is 4.79 Å². The average molecular weight is 534 g/mol. The number of hydrogen-bond acceptors (Lipinski definition) is 5. The number of carbonyl (C=O) groups excluding carboxylic acids is 2. The van der Waals surface area contributed by atoms with Gasteiger partial charge in [0.25, 0.3) is 5.91 Å². The van der Waals surface area contributed by atoms with E-state index in [4.69, 9.17) is 9.47 Å². The summed E-state index contributed by atoms with van der Waals surface area (Å²) in [5.41, 5.74) is 1.06. The number of carbonyl (C=O) groups is 2. The molecule has 1 spiro atoms. The molecule has 1 atom stereocenters. The molecule has 1 N–H and O–H groups in total. The molecule has 2 aliphatic heterocycles. The molecule has 2 amide bonds. The largest absolute Gasteiger partial charge is 0.441 e. The van der Waals surface area contributed by atoms with Gasteiger partial charge in [-0.3, -0.25) is 14.6 Å². The molecule has 10 heteroatoms. The van der Waals surface area contributed by atoms with Crippen LogP contribution in [0.25, 0.3) is 0 Å². The van der Waals surface area contributed by atoms with Crippen molar-refractivity contribution in [1.29, 1.82) is 0 Å². The molecule has 2 aromatic carbocycles. The van der Waals surface area contributed by atoms with Crippen molar-refractivity contribution in [2.75, 3.05) is 33.4 Å². The second-order valence-corrected chi connectivity index (χ2v) is 10.1. The number of alkyl halides is 3. The van der Waals surface area contributed by atoms with Crippen molar-refractivity contribution in [3.63, 3.8) is 0 Å². The molecule has 0 radical (unpaired) electrons. The van der Waals surface area contributed by atoms with Gasteiger partial charge < -0.3 is 14.8 Å². The molecule has 1 unspecified atom stereocenters. The van der Waals surface area contributed by atoms with Crippen LogP contribution in [0.2, 0.25) is 0 Å². The van der Waals surface area contributed by atoms with Crippen molar-refractivity contribution in [2.24, 2.45) is 0 Å². The predicted octanol–water partition coefficient (Wildman–Crippen LogP) is 4.85. The molecule has 4 rings (SSSR count). The van der Waals surface area contributed by atoms with Gasteiger partial charge in [-0.15, -0.1) is 0 Å². The van der Waals surface area contributed by atoms with E-state index in [1.807, 2.05) is 19.1 Å². The number of amides is 2. The summed E-state index contributed by atoms with van der Waals surface area (Å²) in [7, 11) is 1.60. The molecule has 0 bridgehead atoms. The van der Waals surface area contributed by atoms with E-state index in [1.165, 1.54) is 12.1 Å². The Hall–Kier alpha value is -3.11. The highest BCUT2D eigenvalue weighted by molar-refractivity contribution is 5.94. The number of rotatable bonds is 9. The normalized spacial score (nSPS) is 18.4. The van der Waals surface area contributed by atoms with Gasteiger partial charge >= 0.3 is 12.3 Å². The van der Waals surface area contributed by atoms with Crippen LogP contribution in [0.1, 0.15) is 53.2 Å². The van der Waals surface area contributed by atoms with Gasteiger partial charge in [-0.2, -0.15) is 13.2 Å². The van der Waals surface area contributed by atoms with Gasteiger partial charge in [-0.05, 0) is 41.8 Å². The van der Waals surface area contributed by atoms with Crippen molar-refractivity contribution in [3.05, 3.63) is 70.8 Å². The second-order valence-electron chi connectivity index (χ2n) is 10.1. The topological polar surface area (TPSA) is 71.1 Å². The lowest BCUT2D eigenvalue weighted by molar-refractivity contribution is -0.137. The monoisotopic (exact) mass is 533 g/mol. The molecule has 2 aromatic rings. The zero-order valence-electron chi connectivity index (χ0n) is 21.7. The van der Waals surface area contributed by atoms with Crippen molar-refractivity contribution >= 4 is 12.0 Å². The number of halogens is 3. The Balaban J connectivity index is 1.27. The number of nitrogens with one attached hydrogen (secondary N) is 1. The fourth-order valence-corrected chi connectivity index (χ4v) is 4.96. The molecule has 0 aliphatic carbocycles. The average Bonchev–Trinajstić information content (AvgIpc) is 3.19. The SMILES string of the molecule is CCC(COC)NC(=O)c1ccc(CN2CC3(CCN(Cc4ccc(C(F)(F)F)cc4)CC3)OC2=O)cc1. The number of ether oxygens (including phenoxy) is 2. The first-order valence-electron chi connectivity index (χ1n) is 12.9. The lowest BCUT2D eigenvalue weighted by Crippen LogP contribution is -2.46. The molecule has 0 saturated carbocycles. The Bertz CT molecular complexity index is 1100. The molecule has 206 valence electrons. The van der Waals surface area contributed by atoms with Gasteiger partial charge in [-0.1, -0.05) is 31.2 Å². The van der Waals surface area contributed by atoms with E-state index in [0.29, 0.717) is 57.7 Å². The van der Waals surface area contributed by atoms with E-state index in [9.17, 15) is 22.8 Å². The third kappa shape index (κ3) is 6.85. The third-order valence-corrected chi connectivity index (χ3v) is 7.28. The number of benzene rings is 2. The second kappa shape index (κ2) is 11.7. The Morgan fingerprint density at radius 3 is 2.24 bits per heavy atom. The van der Waals surface area contributed by atoms with Crippen LogP contribution in [-0.2, 0) is 28.7 Å². The Morgan fingerprint density at radius 1 is 1.05 bits per heavy atom. The highest BCUT2D eigenvalue weighted by atomic mass is 19.4. The van der Waals surface area contributed by atoms with E-state index in [-0.39, 0.29) is 18.0 Å². The Morgan fingerprint density at radius 2 is 1.66 bits per heavy atom. The summed E-state index contributed by atoms with van der Waals surface area (Å²) in [5.74, 6) is -0.164. The van der Waals surface area contributed by atoms with Crippen LogP contribution < -0.4 is 5.32 Å². The van der Waals surface area contributed by atoms with Gasteiger partial charge in [0.15, 0.2) is 0 Å². The van der Waals surface area contributed by atoms with Crippen molar-refractivity contribution in [1.82, 2.24) is 15.1 Å². The van der Waals surface area contributed by atoms with E-state index in [1.54, 1.807) is 24.1 Å². The number of piperidine rings is 1. The molecule has 0 aromatic heterocycles. The fourth-order valence-electron chi connectivity index (χ4n) is 4.96. The molecular weight excluding hydrogens is 499 g/mol. The first-order chi connectivity index (χ1) is 18.1. The first kappa shape index (κ1) is 27.9. The quantitative estimate of drug-likeness (QED) is 0.499. The van der Waals surface area contributed by atoms with Crippen LogP contribution in [0.5, 0.6) is 0 Å². The minimum absolute atomic E-state index is 0.0518. The summed E-state index contributed by atoms with van der Waals surface area (Å²) in [6.07, 6.45) is -2.60. The van der Waals surface area contributed by atoms with Crippen LogP contribution in [0, 0.1) is 0 Å². The predicted molar refractivity (Wildman–Crippen MR) is 135 cm³/mol. The molecule has 7 nitrogen and oxygen atoms in total. The van der Waals surface area contributed by atoms with Gasteiger partial charge in [0.05, 0.1) is 24.8 Å². The zero-order chi connectivity index (χ0) is 27.3. The number of methoxy groups -OCH3 is 1. The summed E-state index contributed by atoms with van der Waals surface area (Å²) >= 11 is 0. The van der Waals surface area contributed by atoms with E-state index < -0.39 is 17.3 Å². The minimum atomic E-state index is -4.34. The first-order valence-corrected chi connectivity index (χ1v) is 12.9. The van der Waals surface area contributed by atoms with Crippen LogP contribution in [0.3, 0.4) is 0 Å². The van der Waals surface area contributed by atoms with E-state index in [0.717, 1.165) is 29.7 Å². The number of likely N-dealkylation sites (tertiary alicyclic amines) is 1. The maximum atomic E-state index is 12.8. The summed E-state index contributed by atoms with van der Waals surface area (Å²) in [5, 5.41) is 2.95. The van der Waals surface area contributed by atoms with Crippen LogP contribution in [0.15, 0.2) is 48.5 Å². The summed E-state index contributed by atoms with van der Waals surface area (Å²) in [6, 6.07) is 12.4. The lowest BCUT2D eigenvalue weighted by atomic mass is 9.91. The van der Waals surface area contributed by atoms with Crippen LogP contribution >= 0.6 is 0 Å². The molecule has 2 aliphatic rings. The van der Waals surface area contributed by atoms with Gasteiger partial charge in [0.2, 0.25) is 0 Å². The van der Waals surface area contributed by atoms with Crippen molar-refractivity contribution in [2.45, 2.75) is 57.1 Å². The number of hydrogen-bond donors (Lipinski definition) is 1. The van der Waals surface area contributed by atoms with Crippen molar-refractivity contribution in [3.8, 4) is 0 Å². The summed E-state index contributed by atoms with van der Waals surface area (Å²) < 4.78 is 49.4. The summed E-state index contributed by atoms with van der Waals surface area (Å²) in [6.45, 7) is 5.23. The Kier molecular flexibility index (Phi) is 8.62. The zero-order valence-corrected chi connectivity index (χ0v) is 21.7. The standard InChI is InChI=1S/C28H34F3N3O4/c1-3-24(18-37-2)32-25(35)22-8-4-21(5-9-22)17-34-19-27(38-26(34)36)12-14-33(15-13-27)16-20-6-10-23(11-7-20)28(29,30)31/h4-11,24H,3,12-19H2,1-2H3,(H,32,35). The molecule has 2 heterocycles. The molecular formula is C28H34F3N3O4.